The van der Waals surface area contributed by atoms with E-state index in [1.807, 2.05) is 51.2 Å². The summed E-state index contributed by atoms with van der Waals surface area (Å²) in [6.07, 6.45) is 7.86. The van der Waals surface area contributed by atoms with E-state index in [0.29, 0.717) is 5.57 Å². The minimum absolute atomic E-state index is 0.107. The molecule has 0 radical (unpaired) electrons. The lowest BCUT2D eigenvalue weighted by molar-refractivity contribution is -0.135. The highest BCUT2D eigenvalue weighted by atomic mass is 16.6. The van der Waals surface area contributed by atoms with E-state index in [2.05, 4.69) is 46.6 Å². The number of benzene rings is 2. The van der Waals surface area contributed by atoms with Gasteiger partial charge in [0.1, 0.15) is 17.5 Å². The molecule has 2 heterocycles. The van der Waals surface area contributed by atoms with Crippen LogP contribution in [0.3, 0.4) is 0 Å². The zero-order valence-corrected chi connectivity index (χ0v) is 21.7. The van der Waals surface area contributed by atoms with E-state index in [0.717, 1.165) is 41.8 Å². The van der Waals surface area contributed by atoms with Crippen molar-refractivity contribution in [2.45, 2.75) is 63.3 Å². The summed E-state index contributed by atoms with van der Waals surface area (Å²) in [5.74, 6) is 0.427. The number of hydrogen-bond donors (Lipinski definition) is 1. The highest BCUT2D eigenvalue weighted by Crippen LogP contribution is 2.46. The van der Waals surface area contributed by atoms with Crippen molar-refractivity contribution in [1.82, 2.24) is 10.2 Å². The summed E-state index contributed by atoms with van der Waals surface area (Å²) in [6.45, 7) is 5.60. The van der Waals surface area contributed by atoms with Crippen LogP contribution in [0.25, 0.3) is 0 Å². The first-order valence-corrected chi connectivity index (χ1v) is 12.7. The van der Waals surface area contributed by atoms with Crippen LogP contribution in [0, 0.1) is 0 Å². The van der Waals surface area contributed by atoms with Gasteiger partial charge in [-0.3, -0.25) is 4.99 Å². The van der Waals surface area contributed by atoms with Crippen LogP contribution in [0.1, 0.15) is 68.8 Å². The number of nitrogens with one attached hydrogen (secondary N) is 1. The highest BCUT2D eigenvalue weighted by Gasteiger charge is 2.42. The van der Waals surface area contributed by atoms with Gasteiger partial charge < -0.3 is 19.7 Å². The van der Waals surface area contributed by atoms with Gasteiger partial charge >= 0.3 is 12.1 Å². The maximum Gasteiger partial charge on any atom is 0.408 e. The Morgan fingerprint density at radius 3 is 2.30 bits per heavy atom. The Morgan fingerprint density at radius 2 is 1.70 bits per heavy atom. The van der Waals surface area contributed by atoms with Crippen LogP contribution >= 0.6 is 0 Å². The number of amidine groups is 1. The lowest BCUT2D eigenvalue weighted by Crippen LogP contribution is -2.52. The molecule has 37 heavy (non-hydrogen) atoms. The Hall–Kier alpha value is -3.87. The molecule has 0 bridgehead atoms. The highest BCUT2D eigenvalue weighted by molar-refractivity contribution is 6.02. The number of alkyl carbamates (subject to hydrolysis) is 1. The summed E-state index contributed by atoms with van der Waals surface area (Å²) in [5.41, 5.74) is 2.77. The summed E-state index contributed by atoms with van der Waals surface area (Å²) >= 11 is 0. The van der Waals surface area contributed by atoms with Crippen molar-refractivity contribution >= 4 is 17.9 Å². The normalized spacial score (nSPS) is 21.8. The largest absolute Gasteiger partial charge is 0.465 e. The molecule has 2 atom stereocenters. The first-order valence-electron chi connectivity index (χ1n) is 12.7. The molecule has 2 unspecified atom stereocenters. The second-order valence-corrected chi connectivity index (χ2v) is 10.8. The van der Waals surface area contributed by atoms with Crippen molar-refractivity contribution in [2.75, 3.05) is 7.11 Å². The molecule has 1 saturated carbocycles. The van der Waals surface area contributed by atoms with Gasteiger partial charge in [-0.25, -0.2) is 9.59 Å². The van der Waals surface area contributed by atoms with Gasteiger partial charge in [0.15, 0.2) is 0 Å². The predicted molar refractivity (Wildman–Crippen MR) is 142 cm³/mol. The number of nitrogens with zero attached hydrogens (tertiary/aromatic N) is 2. The number of ether oxygens (including phenoxy) is 2. The zero-order valence-electron chi connectivity index (χ0n) is 21.7. The average Bonchev–Trinajstić information content (AvgIpc) is 3.24. The molecule has 0 saturated heterocycles. The lowest BCUT2D eigenvalue weighted by Gasteiger charge is -2.43. The maximum atomic E-state index is 12.6. The monoisotopic (exact) mass is 499 g/mol. The number of carbonyl (C=O) groups is 2. The third-order valence-corrected chi connectivity index (χ3v) is 7.14. The van der Waals surface area contributed by atoms with Crippen LogP contribution < -0.4 is 5.32 Å². The molecule has 3 aliphatic rings. The van der Waals surface area contributed by atoms with Crippen molar-refractivity contribution in [2.24, 2.45) is 4.99 Å². The zero-order chi connectivity index (χ0) is 26.2. The number of fused-ring (bicyclic) bond motifs is 1. The molecule has 2 aromatic rings. The van der Waals surface area contributed by atoms with Crippen LogP contribution in [0.15, 0.2) is 83.5 Å². The van der Waals surface area contributed by atoms with Gasteiger partial charge in [0.25, 0.3) is 0 Å². The number of methoxy groups -OCH3 is 1. The molecule has 1 aliphatic carbocycles. The average molecular weight is 500 g/mol. The number of hydrogen-bond acceptors (Lipinski definition) is 6. The lowest BCUT2D eigenvalue weighted by atomic mass is 9.71. The van der Waals surface area contributed by atoms with E-state index in [-0.39, 0.29) is 24.1 Å². The Labute approximate surface area is 217 Å². The fourth-order valence-electron chi connectivity index (χ4n) is 5.21. The molecule has 7 heteroatoms. The van der Waals surface area contributed by atoms with Gasteiger partial charge in [-0.15, -0.1) is 0 Å². The summed E-state index contributed by atoms with van der Waals surface area (Å²) in [4.78, 5) is 31.9. The van der Waals surface area contributed by atoms with E-state index >= 15 is 0 Å². The van der Waals surface area contributed by atoms with E-state index < -0.39 is 11.1 Å². The van der Waals surface area contributed by atoms with Crippen molar-refractivity contribution in [1.29, 1.82) is 0 Å². The van der Waals surface area contributed by atoms with Crippen LogP contribution in [0.2, 0.25) is 0 Å². The van der Waals surface area contributed by atoms with Gasteiger partial charge in [-0.05, 0) is 68.9 Å². The molecule has 7 nitrogen and oxygen atoms in total. The summed E-state index contributed by atoms with van der Waals surface area (Å²) in [7, 11) is 1.39. The smallest absolute Gasteiger partial charge is 0.408 e. The summed E-state index contributed by atoms with van der Waals surface area (Å²) < 4.78 is 10.5. The third-order valence-electron chi connectivity index (χ3n) is 7.14. The third kappa shape index (κ3) is 4.90. The number of carbonyl (C=O) groups excluding carboxylic acids is 2. The minimum Gasteiger partial charge on any atom is -0.465 e. The standard InChI is InChI=1S/C30H33N3O4/c1-29(2,3)37-28(35)32-30(17-8-18-30)23-14-11-20(12-15-23)25-26(21-9-6-5-7-10-21)33-19-22(27(34)36-4)13-16-24(33)31-25/h5-7,9-16,19,25-26H,8,17-18H2,1-4H3,(H,32,35). The number of amides is 1. The number of aliphatic imine (C=N–C) groups is 1. The van der Waals surface area contributed by atoms with Crippen molar-refractivity contribution in [3.05, 3.63) is 95.2 Å². The molecule has 0 spiro atoms. The van der Waals surface area contributed by atoms with Gasteiger partial charge in [0.2, 0.25) is 0 Å². The van der Waals surface area contributed by atoms with Crippen LogP contribution in [0.4, 0.5) is 4.79 Å². The molecule has 5 rings (SSSR count). The van der Waals surface area contributed by atoms with Crippen molar-refractivity contribution in [3.8, 4) is 0 Å². The number of esters is 1. The van der Waals surface area contributed by atoms with E-state index in [1.165, 1.54) is 7.11 Å². The first kappa shape index (κ1) is 24.8. The van der Waals surface area contributed by atoms with Gasteiger partial charge in [0.05, 0.1) is 24.3 Å². The second-order valence-electron chi connectivity index (χ2n) is 10.8. The Kier molecular flexibility index (Phi) is 6.40. The SMILES string of the molecule is COC(=O)C1=CN2C(=NC(c3ccc(C4(NC(=O)OC(C)(C)C)CCC4)cc3)C2c2ccccc2)C=C1. The topological polar surface area (TPSA) is 80.2 Å². The quantitative estimate of drug-likeness (QED) is 0.533. The molecule has 0 aromatic heterocycles. The van der Waals surface area contributed by atoms with Crippen molar-refractivity contribution < 1.29 is 19.1 Å². The van der Waals surface area contributed by atoms with E-state index in [4.69, 9.17) is 14.5 Å². The summed E-state index contributed by atoms with van der Waals surface area (Å²) in [5, 5.41) is 3.13. The molecule has 192 valence electrons. The molecule has 2 aromatic carbocycles. The van der Waals surface area contributed by atoms with Crippen molar-refractivity contribution in [3.63, 3.8) is 0 Å². The van der Waals surface area contributed by atoms with E-state index in [9.17, 15) is 9.59 Å². The van der Waals surface area contributed by atoms with Gasteiger partial charge in [-0.1, -0.05) is 54.6 Å². The molecular weight excluding hydrogens is 466 g/mol. The van der Waals surface area contributed by atoms with Crippen LogP contribution in [0.5, 0.6) is 0 Å². The number of rotatable bonds is 5. The molecule has 1 fully saturated rings. The Bertz CT molecular complexity index is 1270. The first-order chi connectivity index (χ1) is 17.7. The Morgan fingerprint density at radius 1 is 1.00 bits per heavy atom. The van der Waals surface area contributed by atoms with Crippen LogP contribution in [-0.4, -0.2) is 35.5 Å². The van der Waals surface area contributed by atoms with E-state index in [1.54, 1.807) is 6.08 Å². The fourth-order valence-corrected chi connectivity index (χ4v) is 5.21. The predicted octanol–water partition coefficient (Wildman–Crippen LogP) is 5.71. The molecule has 1 N–H and O–H groups in total. The Balaban J connectivity index is 1.44. The second kappa shape index (κ2) is 9.54. The molecular formula is C30H33N3O4. The van der Waals surface area contributed by atoms with Gasteiger partial charge in [0, 0.05) is 6.20 Å². The summed E-state index contributed by atoms with van der Waals surface area (Å²) in [6, 6.07) is 18.3. The van der Waals surface area contributed by atoms with Crippen LogP contribution in [-0.2, 0) is 19.8 Å². The molecule has 2 aliphatic heterocycles. The molecule has 1 amide bonds. The fraction of sp³-hybridized carbons (Fsp3) is 0.367. The minimum atomic E-state index is -0.546. The van der Waals surface area contributed by atoms with Gasteiger partial charge in [-0.2, -0.15) is 0 Å². The maximum absolute atomic E-state index is 12.6.